The number of benzene rings is 3. The number of methoxy groups -OCH3 is 2. The third kappa shape index (κ3) is 6.03. The molecule has 3 aromatic rings. The van der Waals surface area contributed by atoms with Crippen LogP contribution in [0.15, 0.2) is 71.6 Å². The highest BCUT2D eigenvalue weighted by Crippen LogP contribution is 2.30. The molecule has 0 aliphatic rings. The summed E-state index contributed by atoms with van der Waals surface area (Å²) in [7, 11) is -0.902. The van der Waals surface area contributed by atoms with E-state index in [0.29, 0.717) is 28.8 Å². The van der Waals surface area contributed by atoms with E-state index in [2.05, 4.69) is 15.4 Å². The van der Waals surface area contributed by atoms with Crippen LogP contribution in [0, 0.1) is 0 Å². The molecular weight excluding hydrogens is 470 g/mol. The number of hydrogen-bond donors (Lipinski definition) is 3. The Hall–Kier alpha value is -3.01. The number of sulfonamides is 1. The Balaban J connectivity index is 1.70. The van der Waals surface area contributed by atoms with Gasteiger partial charge in [0.05, 0.1) is 24.9 Å². The molecule has 3 N–H and O–H groups in total. The first-order valence-corrected chi connectivity index (χ1v) is 11.7. The van der Waals surface area contributed by atoms with Gasteiger partial charge in [0.25, 0.3) is 10.0 Å². The van der Waals surface area contributed by atoms with Crippen LogP contribution < -0.4 is 24.8 Å². The molecule has 168 valence electrons. The summed E-state index contributed by atoms with van der Waals surface area (Å²) in [4.78, 5) is -0.0898. The van der Waals surface area contributed by atoms with Crippen molar-refractivity contribution < 1.29 is 17.9 Å². The van der Waals surface area contributed by atoms with E-state index < -0.39 is 10.0 Å². The van der Waals surface area contributed by atoms with Crippen LogP contribution in [0.25, 0.3) is 0 Å². The van der Waals surface area contributed by atoms with Crippen molar-refractivity contribution in [2.45, 2.75) is 11.4 Å². The van der Waals surface area contributed by atoms with Crippen LogP contribution in [0.4, 0.5) is 11.4 Å². The van der Waals surface area contributed by atoms with E-state index in [4.69, 9.17) is 33.3 Å². The smallest absolute Gasteiger partial charge is 0.263 e. The lowest BCUT2D eigenvalue weighted by molar-refractivity contribution is 0.414. The highest BCUT2D eigenvalue weighted by atomic mass is 35.5. The Morgan fingerprint density at radius 3 is 2.41 bits per heavy atom. The van der Waals surface area contributed by atoms with Crippen LogP contribution >= 0.6 is 23.8 Å². The topological polar surface area (TPSA) is 88.7 Å². The Morgan fingerprint density at radius 1 is 1.00 bits per heavy atom. The van der Waals surface area contributed by atoms with Gasteiger partial charge < -0.3 is 20.1 Å². The van der Waals surface area contributed by atoms with Gasteiger partial charge in [-0.1, -0.05) is 35.9 Å². The minimum atomic E-state index is -3.97. The zero-order chi connectivity index (χ0) is 23.1. The van der Waals surface area contributed by atoms with E-state index in [0.717, 1.165) is 11.3 Å². The van der Waals surface area contributed by atoms with Gasteiger partial charge >= 0.3 is 0 Å². The maximum absolute atomic E-state index is 13.0. The summed E-state index contributed by atoms with van der Waals surface area (Å²) in [6, 6.07) is 18.8. The predicted octanol–water partition coefficient (Wildman–Crippen LogP) is 4.64. The quantitative estimate of drug-likeness (QED) is 0.395. The molecule has 0 heterocycles. The molecule has 0 aliphatic carbocycles. The highest BCUT2D eigenvalue weighted by Gasteiger charge is 2.20. The molecule has 3 rings (SSSR count). The first-order valence-electron chi connectivity index (χ1n) is 9.45. The lowest BCUT2D eigenvalue weighted by Crippen LogP contribution is -2.28. The third-order valence-electron chi connectivity index (χ3n) is 4.44. The molecule has 0 bridgehead atoms. The number of halogens is 1. The summed E-state index contributed by atoms with van der Waals surface area (Å²) in [5, 5.41) is 6.47. The van der Waals surface area contributed by atoms with Crippen molar-refractivity contribution in [3.8, 4) is 11.5 Å². The zero-order valence-electron chi connectivity index (χ0n) is 17.4. The molecule has 0 amide bonds. The minimum Gasteiger partial charge on any atom is -0.497 e. The van der Waals surface area contributed by atoms with Gasteiger partial charge in [-0.25, -0.2) is 8.42 Å². The zero-order valence-corrected chi connectivity index (χ0v) is 19.8. The van der Waals surface area contributed by atoms with Crippen LogP contribution in [0.1, 0.15) is 5.56 Å². The van der Waals surface area contributed by atoms with E-state index in [1.807, 2.05) is 24.3 Å². The molecule has 0 atom stereocenters. The molecule has 3 aromatic carbocycles. The summed E-state index contributed by atoms with van der Waals surface area (Å²) in [6.45, 7) is 0.490. The van der Waals surface area contributed by atoms with E-state index in [1.54, 1.807) is 37.4 Å². The van der Waals surface area contributed by atoms with Gasteiger partial charge in [-0.05, 0) is 60.2 Å². The summed E-state index contributed by atoms with van der Waals surface area (Å²) < 4.78 is 38.8. The number of nitrogens with one attached hydrogen (secondary N) is 3. The Bertz CT molecular complexity index is 1200. The lowest BCUT2D eigenvalue weighted by atomic mass is 10.2. The third-order valence-corrected chi connectivity index (χ3v) is 6.54. The summed E-state index contributed by atoms with van der Waals surface area (Å²) >= 11 is 11.5. The molecule has 0 radical (unpaired) electrons. The molecule has 10 heteroatoms. The molecule has 0 fully saturated rings. The maximum Gasteiger partial charge on any atom is 0.263 e. The SMILES string of the molecule is COc1ccc(CNC(=S)Nc2ccc(Cl)c(S(=O)(=O)Nc3ccccc3OC)c2)cc1. The number of anilines is 2. The number of para-hydroxylation sites is 2. The molecule has 0 spiro atoms. The van der Waals surface area contributed by atoms with Crippen LogP contribution in [0.2, 0.25) is 5.02 Å². The fourth-order valence-electron chi connectivity index (χ4n) is 2.82. The number of thiocarbonyl (C=S) groups is 1. The fourth-order valence-corrected chi connectivity index (χ4v) is 4.60. The van der Waals surface area contributed by atoms with E-state index in [1.165, 1.54) is 19.2 Å². The van der Waals surface area contributed by atoms with Gasteiger partial charge in [0, 0.05) is 12.2 Å². The molecule has 0 saturated carbocycles. The molecule has 0 aromatic heterocycles. The van der Waals surface area contributed by atoms with Gasteiger partial charge in [-0.3, -0.25) is 4.72 Å². The predicted molar refractivity (Wildman–Crippen MR) is 131 cm³/mol. The van der Waals surface area contributed by atoms with Crippen LogP contribution in [-0.4, -0.2) is 27.7 Å². The summed E-state index contributed by atoms with van der Waals surface area (Å²) in [5.41, 5.74) is 1.79. The van der Waals surface area contributed by atoms with Crippen molar-refractivity contribution in [1.29, 1.82) is 0 Å². The van der Waals surface area contributed by atoms with Gasteiger partial charge in [-0.15, -0.1) is 0 Å². The van der Waals surface area contributed by atoms with Crippen molar-refractivity contribution in [3.05, 3.63) is 77.3 Å². The van der Waals surface area contributed by atoms with Crippen LogP contribution in [-0.2, 0) is 16.6 Å². The summed E-state index contributed by atoms with van der Waals surface area (Å²) in [6.07, 6.45) is 0. The second-order valence-electron chi connectivity index (χ2n) is 6.61. The van der Waals surface area contributed by atoms with Crippen LogP contribution in [0.5, 0.6) is 11.5 Å². The number of rotatable bonds is 8. The lowest BCUT2D eigenvalue weighted by Gasteiger charge is -2.15. The molecule has 32 heavy (non-hydrogen) atoms. The molecule has 0 saturated heterocycles. The van der Waals surface area contributed by atoms with Gasteiger partial charge in [0.1, 0.15) is 16.4 Å². The summed E-state index contributed by atoms with van der Waals surface area (Å²) in [5.74, 6) is 1.16. The van der Waals surface area contributed by atoms with Crippen molar-refractivity contribution in [1.82, 2.24) is 5.32 Å². The molecule has 0 unspecified atom stereocenters. The standard InChI is InChI=1S/C22H22ClN3O4S2/c1-29-17-10-7-15(8-11-17)14-24-22(31)25-16-9-12-18(23)21(13-16)32(27,28)26-19-5-3-4-6-20(19)30-2/h3-13,26H,14H2,1-2H3,(H2,24,25,31). The van der Waals surface area contributed by atoms with Crippen molar-refractivity contribution in [2.75, 3.05) is 24.3 Å². The van der Waals surface area contributed by atoms with Crippen molar-refractivity contribution >= 4 is 50.3 Å². The monoisotopic (exact) mass is 491 g/mol. The fraction of sp³-hybridized carbons (Fsp3) is 0.136. The maximum atomic E-state index is 13.0. The van der Waals surface area contributed by atoms with Gasteiger partial charge in [0.15, 0.2) is 5.11 Å². The van der Waals surface area contributed by atoms with E-state index in [-0.39, 0.29) is 9.92 Å². The first kappa shape index (κ1) is 23.6. The van der Waals surface area contributed by atoms with Crippen molar-refractivity contribution in [2.24, 2.45) is 0 Å². The second-order valence-corrected chi connectivity index (χ2v) is 9.07. The Morgan fingerprint density at radius 2 is 1.72 bits per heavy atom. The number of hydrogen-bond acceptors (Lipinski definition) is 5. The molecule has 7 nitrogen and oxygen atoms in total. The Labute approximate surface area is 197 Å². The van der Waals surface area contributed by atoms with Crippen molar-refractivity contribution in [3.63, 3.8) is 0 Å². The van der Waals surface area contributed by atoms with Crippen LogP contribution in [0.3, 0.4) is 0 Å². The Kier molecular flexibility index (Phi) is 7.79. The normalized spacial score (nSPS) is 10.8. The second kappa shape index (κ2) is 10.5. The van der Waals surface area contributed by atoms with E-state index in [9.17, 15) is 8.42 Å². The number of ether oxygens (including phenoxy) is 2. The van der Waals surface area contributed by atoms with E-state index >= 15 is 0 Å². The molecule has 0 aliphatic heterocycles. The van der Waals surface area contributed by atoms with Gasteiger partial charge in [-0.2, -0.15) is 0 Å². The minimum absolute atomic E-state index is 0.0788. The molecular formula is C22H22ClN3O4S2. The average molecular weight is 492 g/mol. The van der Waals surface area contributed by atoms with Gasteiger partial charge in [0.2, 0.25) is 0 Å². The highest BCUT2D eigenvalue weighted by molar-refractivity contribution is 7.92. The first-order chi connectivity index (χ1) is 15.3. The average Bonchev–Trinajstić information content (AvgIpc) is 2.79. The largest absolute Gasteiger partial charge is 0.497 e.